The predicted molar refractivity (Wildman–Crippen MR) is 139 cm³/mol. The number of aryl methyl sites for hydroxylation is 1. The van der Waals surface area contributed by atoms with Gasteiger partial charge in [0, 0.05) is 29.3 Å². The molecule has 1 N–H and O–H groups in total. The molecule has 2 amide bonds. The molecule has 0 aliphatic carbocycles. The van der Waals surface area contributed by atoms with Crippen molar-refractivity contribution in [1.82, 2.24) is 4.90 Å². The summed E-state index contributed by atoms with van der Waals surface area (Å²) in [4.78, 5) is 40.5. The van der Waals surface area contributed by atoms with Crippen LogP contribution in [0.15, 0.2) is 84.1 Å². The van der Waals surface area contributed by atoms with Gasteiger partial charge < -0.3 is 15.0 Å². The predicted octanol–water partition coefficient (Wildman–Crippen LogP) is 5.74. The van der Waals surface area contributed by atoms with Crippen LogP contribution in [0.3, 0.4) is 0 Å². The number of hydrogen-bond acceptors (Lipinski definition) is 4. The van der Waals surface area contributed by atoms with Gasteiger partial charge in [-0.1, -0.05) is 36.4 Å². The SMILES string of the molecule is CCOC(=O)C1=C(C)N(Cc2ccc(C(=O)Nc3ccc(F)cc3)cc2)C(=O)CC1c1ccccc1C. The number of allylic oxidation sites excluding steroid dienone is 1. The third-order valence-electron chi connectivity index (χ3n) is 6.54. The number of ether oxygens (including phenoxy) is 1. The van der Waals surface area contributed by atoms with Crippen molar-refractivity contribution in [2.24, 2.45) is 0 Å². The molecule has 3 aromatic carbocycles. The minimum atomic E-state index is -0.418. The maximum absolute atomic E-state index is 13.3. The highest BCUT2D eigenvalue weighted by Crippen LogP contribution is 2.38. The molecule has 0 saturated heterocycles. The summed E-state index contributed by atoms with van der Waals surface area (Å²) in [5.74, 6) is -1.58. The standard InChI is InChI=1S/C30H29FN2O4/c1-4-37-30(36)28-20(3)33(27(34)17-26(28)25-8-6-5-7-19(25)2)18-21-9-11-22(12-10-21)29(35)32-24-15-13-23(31)14-16-24/h5-16,26H,4,17-18H2,1-3H3,(H,32,35). The third kappa shape index (κ3) is 5.77. The van der Waals surface area contributed by atoms with E-state index in [9.17, 15) is 18.8 Å². The molecule has 0 radical (unpaired) electrons. The molecule has 0 aromatic heterocycles. The number of amides is 2. The van der Waals surface area contributed by atoms with Crippen LogP contribution in [0.5, 0.6) is 0 Å². The van der Waals surface area contributed by atoms with E-state index in [1.165, 1.54) is 24.3 Å². The minimum absolute atomic E-state index is 0.0862. The Morgan fingerprint density at radius 3 is 2.32 bits per heavy atom. The maximum Gasteiger partial charge on any atom is 0.336 e. The number of carbonyl (C=O) groups is 3. The van der Waals surface area contributed by atoms with Crippen molar-refractivity contribution in [3.05, 3.63) is 112 Å². The lowest BCUT2D eigenvalue weighted by molar-refractivity contribution is -0.140. The van der Waals surface area contributed by atoms with Gasteiger partial charge >= 0.3 is 5.97 Å². The number of esters is 1. The quantitative estimate of drug-likeness (QED) is 0.420. The van der Waals surface area contributed by atoms with Crippen molar-refractivity contribution in [2.45, 2.75) is 39.7 Å². The zero-order chi connectivity index (χ0) is 26.5. The Hall–Kier alpha value is -4.26. The maximum atomic E-state index is 13.3. The molecule has 1 heterocycles. The van der Waals surface area contributed by atoms with Gasteiger partial charge in [-0.15, -0.1) is 0 Å². The molecule has 0 fully saturated rings. The van der Waals surface area contributed by atoms with Crippen molar-refractivity contribution in [1.29, 1.82) is 0 Å². The summed E-state index contributed by atoms with van der Waals surface area (Å²) in [6.45, 7) is 6.01. The normalized spacial score (nSPS) is 15.5. The molecular formula is C30H29FN2O4. The van der Waals surface area contributed by atoms with Crippen molar-refractivity contribution in [2.75, 3.05) is 11.9 Å². The van der Waals surface area contributed by atoms with Crippen LogP contribution in [0.2, 0.25) is 0 Å². The van der Waals surface area contributed by atoms with Gasteiger partial charge in [-0.05, 0) is 73.9 Å². The lowest BCUT2D eigenvalue weighted by Crippen LogP contribution is -2.38. The zero-order valence-corrected chi connectivity index (χ0v) is 21.1. The summed E-state index contributed by atoms with van der Waals surface area (Å²) in [7, 11) is 0. The Morgan fingerprint density at radius 1 is 1.00 bits per heavy atom. The largest absolute Gasteiger partial charge is 0.463 e. The molecule has 7 heteroatoms. The van der Waals surface area contributed by atoms with Crippen LogP contribution < -0.4 is 5.32 Å². The summed E-state index contributed by atoms with van der Waals surface area (Å²) < 4.78 is 18.5. The minimum Gasteiger partial charge on any atom is -0.463 e. The molecule has 0 bridgehead atoms. The first-order valence-corrected chi connectivity index (χ1v) is 12.2. The molecule has 0 spiro atoms. The average molecular weight is 501 g/mol. The number of carbonyl (C=O) groups excluding carboxylic acids is 3. The van der Waals surface area contributed by atoms with Crippen LogP contribution in [0, 0.1) is 12.7 Å². The number of benzene rings is 3. The van der Waals surface area contributed by atoms with E-state index in [1.54, 1.807) is 43.0 Å². The third-order valence-corrected chi connectivity index (χ3v) is 6.54. The van der Waals surface area contributed by atoms with Gasteiger partial charge in [0.15, 0.2) is 0 Å². The summed E-state index contributed by atoms with van der Waals surface area (Å²) in [5, 5.41) is 2.73. The first kappa shape index (κ1) is 25.8. The van der Waals surface area contributed by atoms with Crippen LogP contribution in [0.1, 0.15) is 53.2 Å². The van der Waals surface area contributed by atoms with Crippen molar-refractivity contribution in [3.8, 4) is 0 Å². The van der Waals surface area contributed by atoms with Crippen molar-refractivity contribution >= 4 is 23.5 Å². The molecule has 3 aromatic rings. The zero-order valence-electron chi connectivity index (χ0n) is 21.1. The second kappa shape index (κ2) is 11.2. The number of rotatable bonds is 7. The Morgan fingerprint density at radius 2 is 1.68 bits per heavy atom. The number of anilines is 1. The summed E-state index contributed by atoms with van der Waals surface area (Å²) in [6.07, 6.45) is 0.161. The molecule has 1 aliphatic heterocycles. The van der Waals surface area contributed by atoms with E-state index < -0.39 is 5.97 Å². The van der Waals surface area contributed by atoms with Gasteiger partial charge in [0.05, 0.1) is 18.7 Å². The fraction of sp³-hybridized carbons (Fsp3) is 0.233. The number of nitrogens with one attached hydrogen (secondary N) is 1. The number of nitrogens with zero attached hydrogens (tertiary/aromatic N) is 1. The molecule has 0 saturated carbocycles. The highest BCUT2D eigenvalue weighted by atomic mass is 19.1. The fourth-order valence-electron chi connectivity index (χ4n) is 4.60. The fourth-order valence-corrected chi connectivity index (χ4v) is 4.60. The van der Waals surface area contributed by atoms with Gasteiger partial charge in [-0.2, -0.15) is 0 Å². The van der Waals surface area contributed by atoms with E-state index in [2.05, 4.69) is 5.32 Å². The molecule has 4 rings (SSSR count). The van der Waals surface area contributed by atoms with Crippen LogP contribution in [-0.2, 0) is 20.9 Å². The van der Waals surface area contributed by atoms with E-state index >= 15 is 0 Å². The topological polar surface area (TPSA) is 75.7 Å². The summed E-state index contributed by atoms with van der Waals surface area (Å²) >= 11 is 0. The number of hydrogen-bond donors (Lipinski definition) is 1. The van der Waals surface area contributed by atoms with E-state index in [1.807, 2.05) is 31.2 Å². The monoisotopic (exact) mass is 500 g/mol. The van der Waals surface area contributed by atoms with E-state index in [0.717, 1.165) is 16.7 Å². The first-order valence-electron chi connectivity index (χ1n) is 12.2. The Bertz CT molecular complexity index is 1350. The van der Waals surface area contributed by atoms with Crippen molar-refractivity contribution in [3.63, 3.8) is 0 Å². The Kier molecular flexibility index (Phi) is 7.82. The molecule has 1 aliphatic rings. The molecule has 190 valence electrons. The van der Waals surface area contributed by atoms with Crippen LogP contribution >= 0.6 is 0 Å². The van der Waals surface area contributed by atoms with Gasteiger partial charge in [0.1, 0.15) is 5.82 Å². The van der Waals surface area contributed by atoms with E-state index in [0.29, 0.717) is 22.5 Å². The lowest BCUT2D eigenvalue weighted by Gasteiger charge is -2.35. The van der Waals surface area contributed by atoms with Crippen LogP contribution in [0.25, 0.3) is 0 Å². The summed E-state index contributed by atoms with van der Waals surface area (Å²) in [5.41, 5.74) is 4.74. The number of halogens is 1. The Labute approximate surface area is 215 Å². The van der Waals surface area contributed by atoms with Crippen molar-refractivity contribution < 1.29 is 23.5 Å². The second-order valence-electron chi connectivity index (χ2n) is 8.97. The van der Waals surface area contributed by atoms with Gasteiger partial charge in [-0.25, -0.2) is 9.18 Å². The van der Waals surface area contributed by atoms with Gasteiger partial charge in [-0.3, -0.25) is 9.59 Å². The smallest absolute Gasteiger partial charge is 0.336 e. The highest BCUT2D eigenvalue weighted by molar-refractivity contribution is 6.04. The molecule has 37 heavy (non-hydrogen) atoms. The van der Waals surface area contributed by atoms with Crippen LogP contribution in [-0.4, -0.2) is 29.3 Å². The lowest BCUT2D eigenvalue weighted by atomic mass is 9.81. The van der Waals surface area contributed by atoms with Crippen LogP contribution in [0.4, 0.5) is 10.1 Å². The molecule has 6 nitrogen and oxygen atoms in total. The average Bonchev–Trinajstić information content (AvgIpc) is 2.88. The first-order chi connectivity index (χ1) is 17.8. The highest BCUT2D eigenvalue weighted by Gasteiger charge is 2.37. The van der Waals surface area contributed by atoms with Gasteiger partial charge in [0.25, 0.3) is 5.91 Å². The van der Waals surface area contributed by atoms with Gasteiger partial charge in [0.2, 0.25) is 5.91 Å². The molecule has 1 unspecified atom stereocenters. The van der Waals surface area contributed by atoms with E-state index in [4.69, 9.17) is 4.74 Å². The molecule has 1 atom stereocenters. The van der Waals surface area contributed by atoms with E-state index in [-0.39, 0.29) is 43.1 Å². The summed E-state index contributed by atoms with van der Waals surface area (Å²) in [6, 6.07) is 20.2. The second-order valence-corrected chi connectivity index (χ2v) is 8.97. The Balaban J connectivity index is 1.57. The molecular weight excluding hydrogens is 471 g/mol.